The summed E-state index contributed by atoms with van der Waals surface area (Å²) in [5.74, 6) is -0.937. The molecule has 1 fully saturated rings. The van der Waals surface area contributed by atoms with Crippen LogP contribution in [0.1, 0.15) is 10.4 Å². The Hall–Kier alpha value is -3.56. The number of hydrogen-bond acceptors (Lipinski definition) is 6. The highest BCUT2D eigenvalue weighted by Crippen LogP contribution is 2.27. The summed E-state index contributed by atoms with van der Waals surface area (Å²) in [6, 6.07) is 9.25. The predicted octanol–water partition coefficient (Wildman–Crippen LogP) is 2.60. The van der Waals surface area contributed by atoms with Gasteiger partial charge in [-0.05, 0) is 18.2 Å². The van der Waals surface area contributed by atoms with E-state index in [0.717, 1.165) is 18.2 Å². The second kappa shape index (κ2) is 7.36. The van der Waals surface area contributed by atoms with Crippen LogP contribution < -0.4 is 4.90 Å². The number of halogens is 1. The van der Waals surface area contributed by atoms with E-state index in [-0.39, 0.29) is 24.5 Å². The maximum Gasteiger partial charge on any atom is 0.289 e. The van der Waals surface area contributed by atoms with Gasteiger partial charge in [0.1, 0.15) is 11.4 Å². The van der Waals surface area contributed by atoms with E-state index in [2.05, 4.69) is 0 Å². The molecule has 0 aromatic heterocycles. The molecule has 2 aromatic carbocycles. The maximum absolute atomic E-state index is 13.9. The van der Waals surface area contributed by atoms with E-state index in [9.17, 15) is 29.4 Å². The van der Waals surface area contributed by atoms with Gasteiger partial charge in [0.25, 0.3) is 17.3 Å². The largest absolute Gasteiger partial charge is 0.366 e. The third kappa shape index (κ3) is 3.68. The standard InChI is InChI=1S/C17H15FN4O5/c18-14-3-1-2-4-15(14)19-7-9-20(10-8-19)17(23)13-6-5-12(21(24)25)11-16(13)22(26)27/h1-6,11H,7-10H2. The Labute approximate surface area is 152 Å². The van der Waals surface area contributed by atoms with Gasteiger partial charge in [0, 0.05) is 32.2 Å². The van der Waals surface area contributed by atoms with E-state index >= 15 is 0 Å². The fraction of sp³-hybridized carbons (Fsp3) is 0.235. The van der Waals surface area contributed by atoms with Gasteiger partial charge in [-0.3, -0.25) is 25.0 Å². The molecule has 0 N–H and O–H groups in total. The zero-order valence-electron chi connectivity index (χ0n) is 14.1. The van der Waals surface area contributed by atoms with Gasteiger partial charge >= 0.3 is 0 Å². The lowest BCUT2D eigenvalue weighted by molar-refractivity contribution is -0.394. The van der Waals surface area contributed by atoms with Crippen molar-refractivity contribution in [2.24, 2.45) is 0 Å². The molecule has 0 saturated carbocycles. The summed E-state index contributed by atoms with van der Waals surface area (Å²) in [4.78, 5) is 36.4. The van der Waals surface area contributed by atoms with Gasteiger partial charge in [-0.15, -0.1) is 0 Å². The Morgan fingerprint density at radius 3 is 2.22 bits per heavy atom. The molecule has 0 atom stereocenters. The van der Waals surface area contributed by atoms with Gasteiger partial charge in [-0.1, -0.05) is 12.1 Å². The Morgan fingerprint density at radius 1 is 0.963 bits per heavy atom. The van der Waals surface area contributed by atoms with E-state index in [1.807, 2.05) is 0 Å². The topological polar surface area (TPSA) is 110 Å². The third-order valence-electron chi connectivity index (χ3n) is 4.38. The van der Waals surface area contributed by atoms with E-state index in [1.165, 1.54) is 11.0 Å². The van der Waals surface area contributed by atoms with Crippen molar-refractivity contribution in [3.63, 3.8) is 0 Å². The van der Waals surface area contributed by atoms with Gasteiger partial charge < -0.3 is 9.80 Å². The molecule has 1 amide bonds. The second-order valence-electron chi connectivity index (χ2n) is 5.95. The van der Waals surface area contributed by atoms with Crippen LogP contribution in [-0.2, 0) is 0 Å². The molecular formula is C17H15FN4O5. The number of carbonyl (C=O) groups excluding carboxylic acids is 1. The fourth-order valence-corrected chi connectivity index (χ4v) is 2.99. The van der Waals surface area contributed by atoms with Crippen molar-refractivity contribution < 1.29 is 19.0 Å². The van der Waals surface area contributed by atoms with Gasteiger partial charge in [-0.2, -0.15) is 0 Å². The molecule has 27 heavy (non-hydrogen) atoms. The Morgan fingerprint density at radius 2 is 1.63 bits per heavy atom. The molecule has 140 valence electrons. The Bertz CT molecular complexity index is 912. The van der Waals surface area contributed by atoms with Crippen LogP contribution in [0, 0.1) is 26.0 Å². The lowest BCUT2D eigenvalue weighted by Crippen LogP contribution is -2.49. The number of hydrogen-bond donors (Lipinski definition) is 0. The first-order valence-electron chi connectivity index (χ1n) is 8.10. The summed E-state index contributed by atoms with van der Waals surface area (Å²) in [5.41, 5.74) is -0.829. The molecule has 0 bridgehead atoms. The zero-order chi connectivity index (χ0) is 19.6. The number of nitrogens with zero attached hydrogens (tertiary/aromatic N) is 4. The number of nitro groups is 2. The van der Waals surface area contributed by atoms with Crippen LogP contribution in [0.4, 0.5) is 21.5 Å². The van der Waals surface area contributed by atoms with Crippen LogP contribution in [0.5, 0.6) is 0 Å². The van der Waals surface area contributed by atoms with Crippen molar-refractivity contribution in [1.82, 2.24) is 4.90 Å². The SMILES string of the molecule is O=C(c1ccc([N+](=O)[O-])cc1[N+](=O)[O-])N1CCN(c2ccccc2F)CC1. The minimum Gasteiger partial charge on any atom is -0.366 e. The first-order valence-corrected chi connectivity index (χ1v) is 8.10. The summed E-state index contributed by atoms with van der Waals surface area (Å²) in [5, 5.41) is 22.0. The van der Waals surface area contributed by atoms with E-state index < -0.39 is 27.1 Å². The number of nitro benzene ring substituents is 2. The summed E-state index contributed by atoms with van der Waals surface area (Å²) >= 11 is 0. The highest BCUT2D eigenvalue weighted by molar-refractivity contribution is 5.98. The number of amides is 1. The average Bonchev–Trinajstić information content (AvgIpc) is 2.67. The highest BCUT2D eigenvalue weighted by atomic mass is 19.1. The number of para-hydroxylation sites is 1. The minimum absolute atomic E-state index is 0.204. The van der Waals surface area contributed by atoms with Crippen LogP contribution in [0.25, 0.3) is 0 Å². The molecular weight excluding hydrogens is 359 g/mol. The van der Waals surface area contributed by atoms with Crippen LogP contribution >= 0.6 is 0 Å². The molecule has 0 spiro atoms. The lowest BCUT2D eigenvalue weighted by Gasteiger charge is -2.36. The Kier molecular flexibility index (Phi) is 4.97. The number of anilines is 1. The molecule has 3 rings (SSSR count). The molecule has 1 aliphatic heterocycles. The molecule has 10 heteroatoms. The van der Waals surface area contributed by atoms with E-state index in [1.54, 1.807) is 23.1 Å². The molecule has 2 aromatic rings. The van der Waals surface area contributed by atoms with Crippen LogP contribution in [0.3, 0.4) is 0 Å². The minimum atomic E-state index is -0.810. The van der Waals surface area contributed by atoms with E-state index in [4.69, 9.17) is 0 Å². The smallest absolute Gasteiger partial charge is 0.289 e. The molecule has 0 radical (unpaired) electrons. The normalized spacial score (nSPS) is 14.1. The quantitative estimate of drug-likeness (QED) is 0.601. The van der Waals surface area contributed by atoms with Crippen molar-refractivity contribution in [1.29, 1.82) is 0 Å². The number of non-ortho nitro benzene ring substituents is 1. The first kappa shape index (κ1) is 18.2. The van der Waals surface area contributed by atoms with Crippen molar-refractivity contribution in [3.8, 4) is 0 Å². The van der Waals surface area contributed by atoms with Crippen molar-refractivity contribution in [2.45, 2.75) is 0 Å². The highest BCUT2D eigenvalue weighted by Gasteiger charge is 2.29. The number of rotatable bonds is 4. The fourth-order valence-electron chi connectivity index (χ4n) is 2.99. The molecule has 0 aliphatic carbocycles. The molecule has 0 unspecified atom stereocenters. The number of piperazine rings is 1. The zero-order valence-corrected chi connectivity index (χ0v) is 14.1. The summed E-state index contributed by atoms with van der Waals surface area (Å²) in [6.45, 7) is 1.24. The monoisotopic (exact) mass is 374 g/mol. The van der Waals surface area contributed by atoms with Gasteiger partial charge in [0.05, 0.1) is 21.6 Å². The number of carbonyl (C=O) groups is 1. The molecule has 9 nitrogen and oxygen atoms in total. The predicted molar refractivity (Wildman–Crippen MR) is 94.3 cm³/mol. The van der Waals surface area contributed by atoms with Crippen LogP contribution in [-0.4, -0.2) is 46.8 Å². The first-order chi connectivity index (χ1) is 12.9. The summed E-state index contributed by atoms with van der Waals surface area (Å²) < 4.78 is 13.9. The van der Waals surface area contributed by atoms with Gasteiger partial charge in [0.15, 0.2) is 0 Å². The number of benzene rings is 2. The Balaban J connectivity index is 1.77. The summed E-state index contributed by atoms with van der Waals surface area (Å²) in [6.07, 6.45) is 0. The van der Waals surface area contributed by atoms with Crippen LogP contribution in [0.15, 0.2) is 42.5 Å². The average molecular weight is 374 g/mol. The molecule has 1 saturated heterocycles. The maximum atomic E-state index is 13.9. The van der Waals surface area contributed by atoms with Gasteiger partial charge in [0.2, 0.25) is 0 Å². The second-order valence-corrected chi connectivity index (χ2v) is 5.95. The van der Waals surface area contributed by atoms with E-state index in [0.29, 0.717) is 18.8 Å². The van der Waals surface area contributed by atoms with Crippen molar-refractivity contribution in [3.05, 3.63) is 74.1 Å². The molecule has 1 aliphatic rings. The third-order valence-corrected chi connectivity index (χ3v) is 4.38. The van der Waals surface area contributed by atoms with Crippen molar-refractivity contribution >= 4 is 23.0 Å². The van der Waals surface area contributed by atoms with Gasteiger partial charge in [-0.25, -0.2) is 4.39 Å². The summed E-state index contributed by atoms with van der Waals surface area (Å²) in [7, 11) is 0. The van der Waals surface area contributed by atoms with Crippen molar-refractivity contribution in [2.75, 3.05) is 31.1 Å². The molecule has 1 heterocycles. The lowest BCUT2D eigenvalue weighted by atomic mass is 10.1. The van der Waals surface area contributed by atoms with Crippen LogP contribution in [0.2, 0.25) is 0 Å².